The zero-order chi connectivity index (χ0) is 22.7. The largest absolute Gasteiger partial charge is 0.368 e. The van der Waals surface area contributed by atoms with E-state index in [0.717, 1.165) is 5.56 Å². The molecule has 0 aromatic heterocycles. The first kappa shape index (κ1) is 25.3. The summed E-state index contributed by atoms with van der Waals surface area (Å²) in [5.74, 6) is -0.615. The van der Waals surface area contributed by atoms with E-state index in [1.165, 1.54) is 12.1 Å². The Morgan fingerprint density at radius 3 is 1.90 bits per heavy atom. The quantitative estimate of drug-likeness (QED) is 0.461. The smallest absolute Gasteiger partial charge is 0.294 e. The fraction of sp³-hybridized carbons (Fsp3) is 0.333. The van der Waals surface area contributed by atoms with Gasteiger partial charge in [-0.3, -0.25) is 14.1 Å². The van der Waals surface area contributed by atoms with Gasteiger partial charge in [0.05, 0.1) is 10.9 Å². The van der Waals surface area contributed by atoms with Crippen molar-refractivity contribution < 1.29 is 22.6 Å². The molecule has 2 amide bonds. The van der Waals surface area contributed by atoms with E-state index in [1.807, 2.05) is 44.2 Å². The lowest BCUT2D eigenvalue weighted by molar-refractivity contribution is -0.128. The van der Waals surface area contributed by atoms with Crippen molar-refractivity contribution in [3.8, 4) is 0 Å². The van der Waals surface area contributed by atoms with Crippen LogP contribution in [0.1, 0.15) is 25.8 Å². The summed E-state index contributed by atoms with van der Waals surface area (Å²) < 4.78 is 29.2. The maximum atomic E-state index is 12.0. The van der Waals surface area contributed by atoms with Gasteiger partial charge in [0.25, 0.3) is 10.1 Å². The molecule has 0 fully saturated rings. The molecule has 9 heteroatoms. The molecule has 0 radical (unpaired) electrons. The fourth-order valence-corrected chi connectivity index (χ4v) is 3.05. The molecule has 8 nitrogen and oxygen atoms in total. The molecular formula is C21H29N3O5S. The van der Waals surface area contributed by atoms with Crippen LogP contribution in [0.2, 0.25) is 0 Å². The minimum atomic E-state index is -4.00. The average molecular weight is 436 g/mol. The van der Waals surface area contributed by atoms with Crippen molar-refractivity contribution in [2.75, 3.05) is 0 Å². The molecule has 0 aliphatic heterocycles. The first-order chi connectivity index (χ1) is 14.0. The molecule has 0 unspecified atom stereocenters. The molecule has 0 bridgehead atoms. The van der Waals surface area contributed by atoms with E-state index in [4.69, 9.17) is 16.0 Å². The van der Waals surface area contributed by atoms with Crippen molar-refractivity contribution in [3.63, 3.8) is 0 Å². The SMILES string of the molecule is CC(C)C[C@@H](NC(=O)[C@H](N)Cc1ccccc1)C(N)=O.O=S(=O)(O)c1ccccc1. The topological polar surface area (TPSA) is 153 Å². The summed E-state index contributed by atoms with van der Waals surface area (Å²) in [7, 11) is -4.00. The number of amides is 2. The van der Waals surface area contributed by atoms with Crippen LogP contribution in [-0.2, 0) is 26.1 Å². The van der Waals surface area contributed by atoms with Gasteiger partial charge in [0.15, 0.2) is 0 Å². The van der Waals surface area contributed by atoms with Gasteiger partial charge in [-0.05, 0) is 36.5 Å². The highest BCUT2D eigenvalue weighted by atomic mass is 32.2. The Morgan fingerprint density at radius 1 is 1.00 bits per heavy atom. The van der Waals surface area contributed by atoms with Gasteiger partial charge in [0, 0.05) is 0 Å². The normalized spacial score (nSPS) is 13.0. The Balaban J connectivity index is 0.000000375. The molecule has 0 heterocycles. The van der Waals surface area contributed by atoms with Gasteiger partial charge < -0.3 is 16.8 Å². The summed E-state index contributed by atoms with van der Waals surface area (Å²) in [5.41, 5.74) is 12.1. The number of nitrogens with two attached hydrogens (primary N) is 2. The predicted octanol–water partition coefficient (Wildman–Crippen LogP) is 1.51. The first-order valence-corrected chi connectivity index (χ1v) is 10.9. The van der Waals surface area contributed by atoms with Gasteiger partial charge in [0.2, 0.25) is 11.8 Å². The lowest BCUT2D eigenvalue weighted by Gasteiger charge is -2.20. The summed E-state index contributed by atoms with van der Waals surface area (Å²) in [5, 5.41) is 2.63. The van der Waals surface area contributed by atoms with E-state index in [1.54, 1.807) is 18.2 Å². The molecule has 6 N–H and O–H groups in total. The van der Waals surface area contributed by atoms with E-state index in [2.05, 4.69) is 5.32 Å². The van der Waals surface area contributed by atoms with Crippen LogP contribution in [0.3, 0.4) is 0 Å². The monoisotopic (exact) mass is 435 g/mol. The van der Waals surface area contributed by atoms with Gasteiger partial charge >= 0.3 is 0 Å². The van der Waals surface area contributed by atoms with Crippen molar-refractivity contribution >= 4 is 21.9 Å². The Labute approximate surface area is 177 Å². The highest BCUT2D eigenvalue weighted by molar-refractivity contribution is 7.85. The maximum absolute atomic E-state index is 12.0. The second kappa shape index (κ2) is 12.1. The number of benzene rings is 2. The molecule has 164 valence electrons. The van der Waals surface area contributed by atoms with E-state index in [-0.39, 0.29) is 16.7 Å². The second-order valence-electron chi connectivity index (χ2n) is 7.18. The Hall–Kier alpha value is -2.75. The van der Waals surface area contributed by atoms with Crippen LogP contribution in [0, 0.1) is 5.92 Å². The van der Waals surface area contributed by atoms with Crippen LogP contribution in [0.4, 0.5) is 0 Å². The first-order valence-electron chi connectivity index (χ1n) is 9.42. The van der Waals surface area contributed by atoms with Crippen molar-refractivity contribution in [2.24, 2.45) is 17.4 Å². The van der Waals surface area contributed by atoms with Gasteiger partial charge in [-0.1, -0.05) is 62.4 Å². The minimum Gasteiger partial charge on any atom is -0.368 e. The molecule has 0 aliphatic rings. The number of carbonyl (C=O) groups is 2. The molecular weight excluding hydrogens is 406 g/mol. The van der Waals surface area contributed by atoms with Crippen molar-refractivity contribution in [2.45, 2.75) is 43.7 Å². The van der Waals surface area contributed by atoms with Gasteiger partial charge in [0.1, 0.15) is 6.04 Å². The predicted molar refractivity (Wildman–Crippen MR) is 115 cm³/mol. The van der Waals surface area contributed by atoms with Crippen LogP contribution in [0.15, 0.2) is 65.6 Å². The van der Waals surface area contributed by atoms with E-state index in [0.29, 0.717) is 12.8 Å². The maximum Gasteiger partial charge on any atom is 0.294 e. The highest BCUT2D eigenvalue weighted by Gasteiger charge is 2.22. The van der Waals surface area contributed by atoms with Crippen molar-refractivity contribution in [1.82, 2.24) is 5.32 Å². The Morgan fingerprint density at radius 2 is 1.50 bits per heavy atom. The molecule has 0 saturated carbocycles. The lowest BCUT2D eigenvalue weighted by Crippen LogP contribution is -2.51. The summed E-state index contributed by atoms with van der Waals surface area (Å²) >= 11 is 0. The van der Waals surface area contributed by atoms with Crippen LogP contribution in [0.25, 0.3) is 0 Å². The van der Waals surface area contributed by atoms with Crippen molar-refractivity contribution in [1.29, 1.82) is 0 Å². The van der Waals surface area contributed by atoms with E-state index < -0.39 is 28.1 Å². The minimum absolute atomic E-state index is 0.0741. The third-order valence-corrected chi connectivity index (χ3v) is 4.91. The van der Waals surface area contributed by atoms with Crippen LogP contribution < -0.4 is 16.8 Å². The molecule has 2 atom stereocenters. The summed E-state index contributed by atoms with van der Waals surface area (Å²) in [6, 6.07) is 15.6. The molecule has 2 aromatic carbocycles. The Kier molecular flexibility index (Phi) is 10.2. The number of nitrogens with one attached hydrogen (secondary N) is 1. The molecule has 0 spiro atoms. The molecule has 0 aliphatic carbocycles. The molecule has 0 saturated heterocycles. The fourth-order valence-electron chi connectivity index (χ4n) is 2.55. The number of carbonyl (C=O) groups excluding carboxylic acids is 2. The third kappa shape index (κ3) is 9.64. The zero-order valence-electron chi connectivity index (χ0n) is 17.1. The standard InChI is InChI=1S/C15H23N3O2.C6H6O3S/c1-10(2)8-13(14(17)19)18-15(20)12(16)9-11-6-4-3-5-7-11;7-10(8,9)6-4-2-1-3-5-6/h3-7,10,12-13H,8-9,16H2,1-2H3,(H2,17,19)(H,18,20);1-5H,(H,7,8,9)/t12-,13-;/m1./s1. The van der Waals surface area contributed by atoms with Gasteiger partial charge in [-0.15, -0.1) is 0 Å². The summed E-state index contributed by atoms with van der Waals surface area (Å²) in [4.78, 5) is 23.2. The van der Waals surface area contributed by atoms with Gasteiger partial charge in [-0.2, -0.15) is 8.42 Å². The summed E-state index contributed by atoms with van der Waals surface area (Å²) in [6.07, 6.45) is 0.943. The third-order valence-electron chi connectivity index (χ3n) is 4.04. The number of rotatable bonds is 8. The summed E-state index contributed by atoms with van der Waals surface area (Å²) in [6.45, 7) is 3.93. The van der Waals surface area contributed by atoms with Crippen molar-refractivity contribution in [3.05, 3.63) is 66.2 Å². The highest BCUT2D eigenvalue weighted by Crippen LogP contribution is 2.07. The zero-order valence-corrected chi connectivity index (χ0v) is 17.9. The van der Waals surface area contributed by atoms with Crippen LogP contribution in [-0.4, -0.2) is 36.9 Å². The average Bonchev–Trinajstić information content (AvgIpc) is 2.68. The second-order valence-corrected chi connectivity index (χ2v) is 8.60. The number of primary amides is 1. The van der Waals surface area contributed by atoms with Crippen LogP contribution in [0.5, 0.6) is 0 Å². The molecule has 30 heavy (non-hydrogen) atoms. The van der Waals surface area contributed by atoms with E-state index in [9.17, 15) is 18.0 Å². The Bertz CT molecular complexity index is 903. The molecule has 2 aromatic rings. The number of hydrogen-bond donors (Lipinski definition) is 4. The lowest BCUT2D eigenvalue weighted by atomic mass is 10.0. The van der Waals surface area contributed by atoms with Gasteiger partial charge in [-0.25, -0.2) is 0 Å². The van der Waals surface area contributed by atoms with Crippen LogP contribution >= 0.6 is 0 Å². The van der Waals surface area contributed by atoms with E-state index >= 15 is 0 Å². The molecule has 2 rings (SSSR count). The number of hydrogen-bond acceptors (Lipinski definition) is 5.